The number of nitrogens with two attached hydrogens (primary N) is 1. The summed E-state index contributed by atoms with van der Waals surface area (Å²) in [5.41, 5.74) is 6.26. The molecule has 0 bridgehead atoms. The first-order valence-electron chi connectivity index (χ1n) is 5.81. The number of carbonyl (C=O) groups excluding carboxylic acids is 2. The van der Waals surface area contributed by atoms with Crippen LogP contribution in [0.25, 0.3) is 0 Å². The second-order valence-electron chi connectivity index (χ2n) is 4.91. The molecule has 0 saturated carbocycles. The third kappa shape index (κ3) is 1.67. The summed E-state index contributed by atoms with van der Waals surface area (Å²) in [7, 11) is 1.63. The lowest BCUT2D eigenvalue weighted by Crippen LogP contribution is -2.41. The van der Waals surface area contributed by atoms with Gasteiger partial charge in [0.1, 0.15) is 5.54 Å². The predicted octanol–water partition coefficient (Wildman–Crippen LogP) is 1.32. The molecule has 0 spiro atoms. The monoisotopic (exact) mass is 247 g/mol. The lowest BCUT2D eigenvalue weighted by atomic mass is 10.0. The van der Waals surface area contributed by atoms with Crippen LogP contribution in [0, 0.1) is 0 Å². The highest BCUT2D eigenvalue weighted by Gasteiger charge is 2.49. The van der Waals surface area contributed by atoms with Crippen molar-refractivity contribution in [2.75, 3.05) is 11.9 Å². The van der Waals surface area contributed by atoms with Gasteiger partial charge < -0.3 is 10.6 Å². The van der Waals surface area contributed by atoms with Crippen LogP contribution in [0.5, 0.6) is 0 Å². The van der Waals surface area contributed by atoms with E-state index < -0.39 is 5.54 Å². The van der Waals surface area contributed by atoms with E-state index in [4.69, 9.17) is 5.73 Å². The minimum Gasteiger partial charge on any atom is -0.326 e. The van der Waals surface area contributed by atoms with Crippen LogP contribution in [0.1, 0.15) is 19.4 Å². The molecule has 5 nitrogen and oxygen atoms in total. The maximum Gasteiger partial charge on any atom is 0.332 e. The average Bonchev–Trinajstić information content (AvgIpc) is 2.51. The van der Waals surface area contributed by atoms with E-state index in [9.17, 15) is 9.59 Å². The Kier molecular flexibility index (Phi) is 2.86. The summed E-state index contributed by atoms with van der Waals surface area (Å²) in [6.07, 6.45) is 0. The van der Waals surface area contributed by atoms with Crippen molar-refractivity contribution in [2.24, 2.45) is 5.73 Å². The first-order valence-corrected chi connectivity index (χ1v) is 5.81. The summed E-state index contributed by atoms with van der Waals surface area (Å²) in [6, 6.07) is 6.83. The van der Waals surface area contributed by atoms with Crippen LogP contribution in [0.2, 0.25) is 0 Å². The van der Waals surface area contributed by atoms with Gasteiger partial charge >= 0.3 is 6.03 Å². The lowest BCUT2D eigenvalue weighted by Gasteiger charge is -2.22. The first-order chi connectivity index (χ1) is 8.39. The number of hydrogen-bond acceptors (Lipinski definition) is 3. The number of anilines is 1. The van der Waals surface area contributed by atoms with E-state index in [1.807, 2.05) is 12.1 Å². The fourth-order valence-corrected chi connectivity index (χ4v) is 1.90. The predicted molar refractivity (Wildman–Crippen MR) is 69.1 cm³/mol. The van der Waals surface area contributed by atoms with Crippen molar-refractivity contribution in [1.82, 2.24) is 4.90 Å². The van der Waals surface area contributed by atoms with Crippen LogP contribution in [0.4, 0.5) is 10.5 Å². The second-order valence-corrected chi connectivity index (χ2v) is 4.91. The number of amides is 3. The van der Waals surface area contributed by atoms with Crippen molar-refractivity contribution in [2.45, 2.75) is 25.9 Å². The van der Waals surface area contributed by atoms with E-state index in [0.29, 0.717) is 12.2 Å². The van der Waals surface area contributed by atoms with Crippen LogP contribution < -0.4 is 10.6 Å². The topological polar surface area (TPSA) is 66.6 Å². The van der Waals surface area contributed by atoms with Gasteiger partial charge in [0, 0.05) is 13.6 Å². The van der Waals surface area contributed by atoms with E-state index in [1.54, 1.807) is 33.0 Å². The van der Waals surface area contributed by atoms with Gasteiger partial charge in [-0.25, -0.2) is 9.69 Å². The number of hydrogen-bond donors (Lipinski definition) is 1. The molecule has 0 aromatic heterocycles. The molecule has 1 fully saturated rings. The first kappa shape index (κ1) is 12.6. The minimum atomic E-state index is -0.802. The van der Waals surface area contributed by atoms with Crippen LogP contribution in [0.3, 0.4) is 0 Å². The molecule has 1 saturated heterocycles. The number of benzene rings is 1. The van der Waals surface area contributed by atoms with E-state index >= 15 is 0 Å². The van der Waals surface area contributed by atoms with E-state index in [1.165, 1.54) is 9.80 Å². The summed E-state index contributed by atoms with van der Waals surface area (Å²) in [6.45, 7) is 3.91. The van der Waals surface area contributed by atoms with Gasteiger partial charge in [-0.3, -0.25) is 4.79 Å². The van der Waals surface area contributed by atoms with Gasteiger partial charge in [-0.1, -0.05) is 12.1 Å². The lowest BCUT2D eigenvalue weighted by molar-refractivity contribution is -0.123. The highest BCUT2D eigenvalue weighted by Crippen LogP contribution is 2.30. The van der Waals surface area contributed by atoms with Gasteiger partial charge in [0.2, 0.25) is 0 Å². The molecule has 96 valence electrons. The third-order valence-corrected chi connectivity index (χ3v) is 3.47. The maximum atomic E-state index is 12.2. The molecular formula is C13H17N3O2. The molecule has 18 heavy (non-hydrogen) atoms. The molecule has 0 unspecified atom stereocenters. The van der Waals surface area contributed by atoms with E-state index in [-0.39, 0.29) is 11.9 Å². The Morgan fingerprint density at radius 2 is 1.72 bits per heavy atom. The van der Waals surface area contributed by atoms with Crippen molar-refractivity contribution in [3.8, 4) is 0 Å². The number of carbonyl (C=O) groups is 2. The van der Waals surface area contributed by atoms with Crippen LogP contribution >= 0.6 is 0 Å². The van der Waals surface area contributed by atoms with Crippen LogP contribution in [-0.4, -0.2) is 29.4 Å². The molecule has 1 heterocycles. The Morgan fingerprint density at radius 1 is 1.17 bits per heavy atom. The molecule has 1 aliphatic rings. The molecule has 2 N–H and O–H groups in total. The standard InChI is InChI=1S/C13H17N3O2/c1-13(2)11(17)16(12(18)15(13)3)10-6-4-9(8-14)5-7-10/h4-7H,8,14H2,1-3H3. The van der Waals surface area contributed by atoms with Crippen molar-refractivity contribution in [3.63, 3.8) is 0 Å². The fourth-order valence-electron chi connectivity index (χ4n) is 1.90. The number of rotatable bonds is 2. The summed E-state index contributed by atoms with van der Waals surface area (Å²) in [4.78, 5) is 27.0. The molecule has 1 aromatic carbocycles. The Hall–Kier alpha value is -1.88. The SMILES string of the molecule is CN1C(=O)N(c2ccc(CN)cc2)C(=O)C1(C)C. The molecule has 1 aliphatic heterocycles. The highest BCUT2D eigenvalue weighted by atomic mass is 16.2. The Balaban J connectivity index is 2.39. The van der Waals surface area contributed by atoms with Crippen molar-refractivity contribution < 1.29 is 9.59 Å². The van der Waals surface area contributed by atoms with Gasteiger partial charge in [-0.05, 0) is 31.5 Å². The van der Waals surface area contributed by atoms with Gasteiger partial charge in [0.05, 0.1) is 5.69 Å². The fraction of sp³-hybridized carbons (Fsp3) is 0.385. The van der Waals surface area contributed by atoms with Crippen LogP contribution in [0.15, 0.2) is 24.3 Å². The van der Waals surface area contributed by atoms with E-state index in [2.05, 4.69) is 0 Å². The number of urea groups is 1. The Bertz CT molecular complexity index is 493. The second kappa shape index (κ2) is 4.10. The van der Waals surface area contributed by atoms with Gasteiger partial charge in [-0.2, -0.15) is 0 Å². The number of imide groups is 1. The van der Waals surface area contributed by atoms with Crippen molar-refractivity contribution in [1.29, 1.82) is 0 Å². The largest absolute Gasteiger partial charge is 0.332 e. The summed E-state index contributed by atoms with van der Waals surface area (Å²) in [5.74, 6) is -0.213. The van der Waals surface area contributed by atoms with E-state index in [0.717, 1.165) is 5.56 Å². The zero-order chi connectivity index (χ0) is 13.5. The Morgan fingerprint density at radius 3 is 2.11 bits per heavy atom. The molecule has 0 aliphatic carbocycles. The highest BCUT2D eigenvalue weighted by molar-refractivity contribution is 6.22. The molecule has 2 rings (SSSR count). The number of likely N-dealkylation sites (N-methyl/N-ethyl adjacent to an activating group) is 1. The molecule has 1 aromatic rings. The molecule has 3 amide bonds. The van der Waals surface area contributed by atoms with Gasteiger partial charge in [-0.15, -0.1) is 0 Å². The van der Waals surface area contributed by atoms with Gasteiger partial charge in [0.15, 0.2) is 0 Å². The quantitative estimate of drug-likeness (QED) is 0.801. The van der Waals surface area contributed by atoms with Crippen LogP contribution in [-0.2, 0) is 11.3 Å². The maximum absolute atomic E-state index is 12.2. The minimum absolute atomic E-state index is 0.213. The summed E-state index contributed by atoms with van der Waals surface area (Å²) in [5, 5.41) is 0. The molecule has 0 atom stereocenters. The third-order valence-electron chi connectivity index (χ3n) is 3.47. The van der Waals surface area contributed by atoms with Crippen molar-refractivity contribution in [3.05, 3.63) is 29.8 Å². The average molecular weight is 247 g/mol. The van der Waals surface area contributed by atoms with Gasteiger partial charge in [0.25, 0.3) is 5.91 Å². The smallest absolute Gasteiger partial charge is 0.326 e. The summed E-state index contributed by atoms with van der Waals surface area (Å²) < 4.78 is 0. The molecule has 0 radical (unpaired) electrons. The zero-order valence-corrected chi connectivity index (χ0v) is 10.8. The molecular weight excluding hydrogens is 230 g/mol. The molecule has 5 heteroatoms. The normalized spacial score (nSPS) is 18.7. The van der Waals surface area contributed by atoms with Crippen molar-refractivity contribution >= 4 is 17.6 Å². The zero-order valence-electron chi connectivity index (χ0n) is 10.8. The Labute approximate surface area is 106 Å². The summed E-state index contributed by atoms with van der Waals surface area (Å²) >= 11 is 0. The number of nitrogens with zero attached hydrogens (tertiary/aromatic N) is 2.